The fourth-order valence-electron chi connectivity index (χ4n) is 3.42. The molecule has 3 aromatic carbocycles. The second kappa shape index (κ2) is 5.75. The second-order valence-electron chi connectivity index (χ2n) is 6.25. The average Bonchev–Trinajstić information content (AvgIpc) is 3.48. The Hall–Kier alpha value is -3.13. The van der Waals surface area contributed by atoms with Crippen molar-refractivity contribution in [3.63, 3.8) is 0 Å². The first-order valence-electron chi connectivity index (χ1n) is 8.51. The predicted molar refractivity (Wildman–Crippen MR) is 106 cm³/mol. The Labute approximate surface area is 148 Å². The molecule has 0 atom stereocenters. The first kappa shape index (κ1) is 14.2. The molecule has 0 aliphatic carbocycles. The van der Waals surface area contributed by atoms with E-state index in [1.54, 1.807) is 0 Å². The van der Waals surface area contributed by atoms with Gasteiger partial charge in [0.2, 0.25) is 7.28 Å². The Morgan fingerprint density at radius 3 is 1.56 bits per heavy atom. The zero-order valence-corrected chi connectivity index (χ0v) is 13.7. The molecular weight excluding hydrogens is 301 g/mol. The van der Waals surface area contributed by atoms with E-state index < -0.39 is 0 Å². The highest BCUT2D eigenvalue weighted by atomic mass is 14.7. The normalized spacial score (nSPS) is 11.5. The SMILES string of the molecule is [B]1c2nc(-c3ccccc3)c(-c3ccccc3)c(-c3ccccc3)c21. The van der Waals surface area contributed by atoms with E-state index in [4.69, 9.17) is 4.98 Å². The van der Waals surface area contributed by atoms with Crippen LogP contribution in [0.15, 0.2) is 91.0 Å². The maximum absolute atomic E-state index is 4.94. The van der Waals surface area contributed by atoms with E-state index in [-0.39, 0.29) is 0 Å². The largest absolute Gasteiger partial charge is 0.263 e. The van der Waals surface area contributed by atoms with E-state index in [1.807, 2.05) is 6.07 Å². The van der Waals surface area contributed by atoms with Crippen LogP contribution in [-0.4, -0.2) is 12.3 Å². The number of benzene rings is 3. The van der Waals surface area contributed by atoms with E-state index in [0.29, 0.717) is 0 Å². The number of hydrogen-bond acceptors (Lipinski definition) is 1. The minimum Gasteiger partial charge on any atom is -0.263 e. The van der Waals surface area contributed by atoms with E-state index in [2.05, 4.69) is 92.2 Å². The smallest absolute Gasteiger partial charge is 0.218 e. The number of rotatable bonds is 3. The summed E-state index contributed by atoms with van der Waals surface area (Å²) in [4.78, 5) is 4.94. The Morgan fingerprint density at radius 2 is 1.00 bits per heavy atom. The first-order chi connectivity index (χ1) is 12.4. The molecule has 1 aliphatic heterocycles. The number of pyridine rings is 1. The maximum Gasteiger partial charge on any atom is 0.218 e. The number of fused-ring (bicyclic) bond motifs is 1. The highest BCUT2D eigenvalue weighted by Gasteiger charge is 2.31. The second-order valence-corrected chi connectivity index (χ2v) is 6.25. The number of aromatic nitrogens is 1. The van der Waals surface area contributed by atoms with Gasteiger partial charge < -0.3 is 0 Å². The minimum atomic E-state index is 1.05. The summed E-state index contributed by atoms with van der Waals surface area (Å²) in [6.07, 6.45) is 0. The van der Waals surface area contributed by atoms with Crippen molar-refractivity contribution in [2.75, 3.05) is 0 Å². The van der Waals surface area contributed by atoms with Gasteiger partial charge in [-0.3, -0.25) is 4.98 Å². The molecule has 0 saturated heterocycles. The van der Waals surface area contributed by atoms with Crippen LogP contribution in [0.5, 0.6) is 0 Å². The van der Waals surface area contributed by atoms with Crippen molar-refractivity contribution in [2.24, 2.45) is 0 Å². The zero-order chi connectivity index (χ0) is 16.6. The zero-order valence-electron chi connectivity index (χ0n) is 13.7. The lowest BCUT2D eigenvalue weighted by Crippen LogP contribution is -2.06. The van der Waals surface area contributed by atoms with Gasteiger partial charge in [-0.25, -0.2) is 0 Å². The molecule has 0 unspecified atom stereocenters. The van der Waals surface area contributed by atoms with E-state index >= 15 is 0 Å². The standard InChI is InChI=1S/C23H15BN/c1-4-10-16(11-5-1)19-20(17-12-6-2-7-13-17)22(25-23-21(19)24-23)18-14-8-3-9-15-18/h1-15H. The molecule has 0 fully saturated rings. The molecule has 25 heavy (non-hydrogen) atoms. The van der Waals surface area contributed by atoms with Gasteiger partial charge >= 0.3 is 0 Å². The molecule has 1 radical (unpaired) electrons. The van der Waals surface area contributed by atoms with Gasteiger partial charge in [-0.1, -0.05) is 96.5 Å². The maximum atomic E-state index is 4.94. The van der Waals surface area contributed by atoms with Gasteiger partial charge in [-0.05, 0) is 22.3 Å². The van der Waals surface area contributed by atoms with Crippen LogP contribution in [0.1, 0.15) is 0 Å². The van der Waals surface area contributed by atoms with Crippen molar-refractivity contribution in [1.29, 1.82) is 0 Å². The highest BCUT2D eigenvalue weighted by molar-refractivity contribution is 6.88. The van der Waals surface area contributed by atoms with Gasteiger partial charge in [0.15, 0.2) is 0 Å². The quantitative estimate of drug-likeness (QED) is 0.458. The topological polar surface area (TPSA) is 12.9 Å². The lowest BCUT2D eigenvalue weighted by Gasteiger charge is -2.15. The van der Waals surface area contributed by atoms with Crippen LogP contribution in [-0.2, 0) is 0 Å². The third-order valence-corrected chi connectivity index (χ3v) is 4.63. The highest BCUT2D eigenvalue weighted by Crippen LogP contribution is 2.38. The van der Waals surface area contributed by atoms with Crippen LogP contribution >= 0.6 is 0 Å². The molecule has 2 heteroatoms. The lowest BCUT2D eigenvalue weighted by molar-refractivity contribution is 1.40. The van der Waals surface area contributed by atoms with E-state index in [0.717, 1.165) is 16.9 Å². The molecule has 0 saturated carbocycles. The molecular formula is C23H15BN. The third kappa shape index (κ3) is 2.47. The van der Waals surface area contributed by atoms with Gasteiger partial charge in [-0.2, -0.15) is 0 Å². The monoisotopic (exact) mass is 316 g/mol. The molecule has 0 amide bonds. The molecule has 0 bridgehead atoms. The van der Waals surface area contributed by atoms with Gasteiger partial charge in [0.1, 0.15) is 0 Å². The predicted octanol–water partition coefficient (Wildman–Crippen LogP) is 4.05. The summed E-state index contributed by atoms with van der Waals surface area (Å²) in [5.74, 6) is 0. The van der Waals surface area contributed by atoms with E-state index in [1.165, 1.54) is 27.7 Å². The summed E-state index contributed by atoms with van der Waals surface area (Å²) < 4.78 is 0. The Bertz CT molecular complexity index is 1040. The van der Waals surface area contributed by atoms with Crippen LogP contribution in [0.4, 0.5) is 0 Å². The van der Waals surface area contributed by atoms with Crippen LogP contribution in [0.2, 0.25) is 0 Å². The third-order valence-electron chi connectivity index (χ3n) is 4.63. The molecule has 1 aromatic heterocycles. The van der Waals surface area contributed by atoms with Crippen molar-refractivity contribution in [3.05, 3.63) is 91.0 Å². The van der Waals surface area contributed by atoms with Crippen molar-refractivity contribution in [1.82, 2.24) is 4.98 Å². The lowest BCUT2D eigenvalue weighted by atomic mass is 9.87. The molecule has 4 aromatic rings. The fourth-order valence-corrected chi connectivity index (χ4v) is 3.42. The summed E-state index contributed by atoms with van der Waals surface area (Å²) in [6, 6.07) is 31.7. The molecule has 0 spiro atoms. The van der Waals surface area contributed by atoms with Crippen molar-refractivity contribution in [2.45, 2.75) is 0 Å². The molecule has 5 rings (SSSR count). The summed E-state index contributed by atoms with van der Waals surface area (Å²) in [6.45, 7) is 0. The fraction of sp³-hybridized carbons (Fsp3) is 0. The van der Waals surface area contributed by atoms with Crippen LogP contribution in [0, 0.1) is 0 Å². The van der Waals surface area contributed by atoms with Crippen molar-refractivity contribution in [3.8, 4) is 33.5 Å². The number of nitrogens with zero attached hydrogens (tertiary/aromatic N) is 1. The van der Waals surface area contributed by atoms with Gasteiger partial charge in [0, 0.05) is 11.1 Å². The van der Waals surface area contributed by atoms with Crippen LogP contribution in [0.3, 0.4) is 0 Å². The average molecular weight is 316 g/mol. The molecule has 1 aliphatic rings. The summed E-state index contributed by atoms with van der Waals surface area (Å²) >= 11 is 0. The molecule has 115 valence electrons. The Balaban J connectivity index is 1.86. The molecule has 0 N–H and O–H groups in total. The summed E-state index contributed by atoms with van der Waals surface area (Å²) in [5.41, 5.74) is 9.53. The summed E-state index contributed by atoms with van der Waals surface area (Å²) in [5, 5.41) is 0. The Kier molecular flexibility index (Phi) is 3.27. The van der Waals surface area contributed by atoms with Crippen LogP contribution in [0.25, 0.3) is 33.5 Å². The summed E-state index contributed by atoms with van der Waals surface area (Å²) in [7, 11) is 2.18. The van der Waals surface area contributed by atoms with Gasteiger partial charge in [0.05, 0.1) is 5.69 Å². The van der Waals surface area contributed by atoms with Crippen LogP contribution < -0.4 is 11.1 Å². The first-order valence-corrected chi connectivity index (χ1v) is 8.51. The van der Waals surface area contributed by atoms with Gasteiger partial charge in [0.25, 0.3) is 0 Å². The molecule has 2 heterocycles. The molecule has 1 nitrogen and oxygen atoms in total. The number of hydrogen-bond donors (Lipinski definition) is 0. The van der Waals surface area contributed by atoms with Crippen molar-refractivity contribution < 1.29 is 0 Å². The van der Waals surface area contributed by atoms with Crippen molar-refractivity contribution >= 4 is 18.3 Å². The Morgan fingerprint density at radius 1 is 0.520 bits per heavy atom. The van der Waals surface area contributed by atoms with Gasteiger partial charge in [-0.15, -0.1) is 0 Å². The van der Waals surface area contributed by atoms with E-state index in [9.17, 15) is 0 Å². The minimum absolute atomic E-state index is 1.05.